The molecule has 3 aromatic rings. The summed E-state index contributed by atoms with van der Waals surface area (Å²) >= 11 is 5.57. The molecule has 0 unspecified atom stereocenters. The van der Waals surface area contributed by atoms with E-state index in [1.54, 1.807) is 25.4 Å². The van der Waals surface area contributed by atoms with Gasteiger partial charge in [0.2, 0.25) is 0 Å². The normalized spacial score (nSPS) is 18.4. The molecule has 1 aromatic carbocycles. The Kier molecular flexibility index (Phi) is 5.73. The molecule has 1 aliphatic rings. The van der Waals surface area contributed by atoms with E-state index >= 15 is 0 Å². The monoisotopic (exact) mass is 424 g/mol. The van der Waals surface area contributed by atoms with E-state index in [9.17, 15) is 10.1 Å². The van der Waals surface area contributed by atoms with Gasteiger partial charge in [-0.1, -0.05) is 6.07 Å². The van der Waals surface area contributed by atoms with Crippen molar-refractivity contribution < 1.29 is 14.1 Å². The minimum atomic E-state index is -0.423. The summed E-state index contributed by atoms with van der Waals surface area (Å²) in [6, 6.07) is 15.4. The van der Waals surface area contributed by atoms with Gasteiger partial charge in [0.25, 0.3) is 5.69 Å². The average Bonchev–Trinajstić information content (AvgIpc) is 3.37. The molecule has 1 saturated heterocycles. The van der Waals surface area contributed by atoms with Crippen LogP contribution in [0.1, 0.15) is 23.5 Å². The van der Waals surface area contributed by atoms with E-state index in [1.165, 1.54) is 12.1 Å². The second kappa shape index (κ2) is 8.60. The summed E-state index contributed by atoms with van der Waals surface area (Å²) in [6.45, 7) is 1.12. The molecule has 1 N–H and O–H groups in total. The summed E-state index contributed by atoms with van der Waals surface area (Å²) < 4.78 is 11.4. The molecule has 1 aliphatic heterocycles. The van der Waals surface area contributed by atoms with Crippen LogP contribution < -0.4 is 5.32 Å². The first-order valence-electron chi connectivity index (χ1n) is 9.40. The zero-order chi connectivity index (χ0) is 21.1. The van der Waals surface area contributed by atoms with Crippen LogP contribution in [0.5, 0.6) is 0 Å². The summed E-state index contributed by atoms with van der Waals surface area (Å²) in [6.07, 6.45) is 1.75. The van der Waals surface area contributed by atoms with Crippen molar-refractivity contribution in [3.05, 3.63) is 82.4 Å². The fourth-order valence-corrected chi connectivity index (χ4v) is 3.89. The molecule has 4 rings (SSSR count). The Morgan fingerprint density at radius 1 is 1.23 bits per heavy atom. The van der Waals surface area contributed by atoms with Crippen LogP contribution >= 0.6 is 12.2 Å². The highest BCUT2D eigenvalue weighted by Crippen LogP contribution is 2.40. The van der Waals surface area contributed by atoms with Gasteiger partial charge in [-0.25, -0.2) is 0 Å². The highest BCUT2D eigenvalue weighted by Gasteiger charge is 2.41. The van der Waals surface area contributed by atoms with Crippen LogP contribution in [0, 0.1) is 10.1 Å². The molecule has 0 amide bonds. The lowest BCUT2D eigenvalue weighted by molar-refractivity contribution is -0.384. The number of nitro benzene ring substituents is 1. The number of methoxy groups -OCH3 is 1. The van der Waals surface area contributed by atoms with Crippen molar-refractivity contribution in [1.82, 2.24) is 15.2 Å². The van der Waals surface area contributed by atoms with Crippen molar-refractivity contribution in [2.24, 2.45) is 0 Å². The maximum absolute atomic E-state index is 10.9. The third kappa shape index (κ3) is 3.89. The van der Waals surface area contributed by atoms with E-state index in [0.717, 1.165) is 17.0 Å². The van der Waals surface area contributed by atoms with Gasteiger partial charge in [-0.3, -0.25) is 15.1 Å². The Bertz CT molecular complexity index is 1040. The first-order valence-corrected chi connectivity index (χ1v) is 9.81. The molecule has 0 bridgehead atoms. The number of benzene rings is 1. The molecular weight excluding hydrogens is 404 g/mol. The van der Waals surface area contributed by atoms with E-state index < -0.39 is 4.92 Å². The van der Waals surface area contributed by atoms with Crippen molar-refractivity contribution in [1.29, 1.82) is 0 Å². The number of hydrogen-bond acceptors (Lipinski definition) is 6. The summed E-state index contributed by atoms with van der Waals surface area (Å²) in [5, 5.41) is 14.9. The number of nitrogens with one attached hydrogen (secondary N) is 1. The lowest BCUT2D eigenvalue weighted by atomic mass is 10.0. The third-order valence-electron chi connectivity index (χ3n) is 5.02. The molecule has 30 heavy (non-hydrogen) atoms. The molecule has 0 saturated carbocycles. The zero-order valence-electron chi connectivity index (χ0n) is 16.2. The molecule has 0 radical (unpaired) electrons. The smallest absolute Gasteiger partial charge is 0.269 e. The van der Waals surface area contributed by atoms with Crippen LogP contribution in [0.2, 0.25) is 0 Å². The Hall–Kier alpha value is -3.30. The molecular formula is C21H20N4O4S. The van der Waals surface area contributed by atoms with Crippen LogP contribution in [0.15, 0.2) is 65.2 Å². The van der Waals surface area contributed by atoms with Gasteiger partial charge in [0, 0.05) is 37.5 Å². The van der Waals surface area contributed by atoms with Gasteiger partial charge >= 0.3 is 0 Å². The summed E-state index contributed by atoms with van der Waals surface area (Å²) in [5.74, 6) is 1.35. The number of nitro groups is 1. The predicted octanol–water partition coefficient (Wildman–Crippen LogP) is 3.87. The van der Waals surface area contributed by atoms with Crippen LogP contribution in [-0.2, 0) is 4.74 Å². The maximum Gasteiger partial charge on any atom is 0.269 e. The number of thiocarbonyl (C=S) groups is 1. The number of aromatic nitrogens is 1. The lowest BCUT2D eigenvalue weighted by Crippen LogP contribution is -2.32. The average molecular weight is 424 g/mol. The molecule has 154 valence electrons. The second-order valence-corrected chi connectivity index (χ2v) is 7.21. The molecule has 0 aliphatic carbocycles. The zero-order valence-corrected chi connectivity index (χ0v) is 17.0. The number of non-ortho nitro benzene ring substituents is 1. The summed E-state index contributed by atoms with van der Waals surface area (Å²) in [7, 11) is 1.65. The van der Waals surface area contributed by atoms with E-state index in [0.29, 0.717) is 24.0 Å². The van der Waals surface area contributed by atoms with E-state index in [1.807, 2.05) is 35.2 Å². The molecule has 9 heteroatoms. The van der Waals surface area contributed by atoms with Crippen molar-refractivity contribution in [3.63, 3.8) is 0 Å². The second-order valence-electron chi connectivity index (χ2n) is 6.82. The minimum absolute atomic E-state index is 0.0387. The molecule has 1 fully saturated rings. The SMILES string of the molecule is COCCN1C(=S)N[C@H](c2ccccn2)[C@@H]1c1ccc(-c2ccc([N+](=O)[O-])cc2)o1. The first kappa shape index (κ1) is 20.0. The molecule has 0 spiro atoms. The maximum atomic E-state index is 10.9. The molecule has 2 atom stereocenters. The Morgan fingerprint density at radius 2 is 2.03 bits per heavy atom. The van der Waals surface area contributed by atoms with Gasteiger partial charge in [0.1, 0.15) is 17.6 Å². The van der Waals surface area contributed by atoms with Crippen LogP contribution in [-0.4, -0.2) is 40.2 Å². The fraction of sp³-hybridized carbons (Fsp3) is 0.238. The highest BCUT2D eigenvalue weighted by atomic mass is 32.1. The predicted molar refractivity (Wildman–Crippen MR) is 115 cm³/mol. The standard InChI is InChI=1S/C21H20N4O4S/c1-28-13-12-24-20(19(23-21(24)30)16-4-2-3-11-22-16)18-10-9-17(29-18)14-5-7-15(8-6-14)25(26)27/h2-11,19-20H,12-13H2,1H3,(H,23,30)/t19-,20+/m1/s1. The van der Waals surface area contributed by atoms with Crippen molar-refractivity contribution in [2.45, 2.75) is 12.1 Å². The number of furan rings is 1. The van der Waals surface area contributed by atoms with E-state index in [4.69, 9.17) is 21.4 Å². The highest BCUT2D eigenvalue weighted by molar-refractivity contribution is 7.80. The Balaban J connectivity index is 1.67. The van der Waals surface area contributed by atoms with Gasteiger partial charge < -0.3 is 19.4 Å². The quantitative estimate of drug-likeness (QED) is 0.347. The van der Waals surface area contributed by atoms with Crippen LogP contribution in [0.25, 0.3) is 11.3 Å². The third-order valence-corrected chi connectivity index (χ3v) is 5.37. The van der Waals surface area contributed by atoms with Crippen molar-refractivity contribution >= 4 is 23.0 Å². The van der Waals surface area contributed by atoms with Crippen molar-refractivity contribution in [3.8, 4) is 11.3 Å². The van der Waals surface area contributed by atoms with Crippen molar-refractivity contribution in [2.75, 3.05) is 20.3 Å². The van der Waals surface area contributed by atoms with Gasteiger partial charge in [-0.05, 0) is 48.6 Å². The number of ether oxygens (including phenoxy) is 1. The minimum Gasteiger partial charge on any atom is -0.459 e. The van der Waals surface area contributed by atoms with E-state index in [2.05, 4.69) is 10.3 Å². The number of hydrogen-bond donors (Lipinski definition) is 1. The van der Waals surface area contributed by atoms with Gasteiger partial charge in [0.15, 0.2) is 5.11 Å². The van der Waals surface area contributed by atoms with Gasteiger partial charge in [-0.15, -0.1) is 0 Å². The summed E-state index contributed by atoms with van der Waals surface area (Å²) in [5.41, 5.74) is 1.66. The van der Waals surface area contributed by atoms with Gasteiger partial charge in [0.05, 0.1) is 23.3 Å². The Labute approximate surface area is 178 Å². The number of pyridine rings is 1. The number of nitrogens with zero attached hydrogens (tertiary/aromatic N) is 3. The Morgan fingerprint density at radius 3 is 2.70 bits per heavy atom. The molecule has 8 nitrogen and oxygen atoms in total. The summed E-state index contributed by atoms with van der Waals surface area (Å²) in [4.78, 5) is 17.0. The largest absolute Gasteiger partial charge is 0.459 e. The molecule has 3 heterocycles. The first-order chi connectivity index (χ1) is 14.6. The lowest BCUT2D eigenvalue weighted by Gasteiger charge is -2.25. The molecule has 2 aromatic heterocycles. The van der Waals surface area contributed by atoms with Crippen LogP contribution in [0.4, 0.5) is 5.69 Å². The van der Waals surface area contributed by atoms with Gasteiger partial charge in [-0.2, -0.15) is 0 Å². The topological polar surface area (TPSA) is 93.7 Å². The van der Waals surface area contributed by atoms with E-state index in [-0.39, 0.29) is 17.8 Å². The fourth-order valence-electron chi connectivity index (χ4n) is 3.56. The van der Waals surface area contributed by atoms with Crippen LogP contribution in [0.3, 0.4) is 0 Å². The number of rotatable bonds is 7.